The SMILES string of the molecule is c1cc(-c2ccc(-c3nc(-c4ccc(-c5cccc6c5C5(c7ccccc7Oc7ccccc75)c5ccccc5-6)cc4)c4ccccc4n3)cc2)cc(-n2c3ccccc3c3c4ccccc4ccc32)c1. The molecule has 0 amide bonds. The van der Waals surface area contributed by atoms with Crippen molar-refractivity contribution in [2.24, 2.45) is 0 Å². The van der Waals surface area contributed by atoms with E-state index in [0.717, 1.165) is 72.7 Å². The van der Waals surface area contributed by atoms with E-state index < -0.39 is 5.41 Å². The van der Waals surface area contributed by atoms with Crippen LogP contribution in [0.15, 0.2) is 249 Å². The number of hydrogen-bond acceptors (Lipinski definition) is 3. The van der Waals surface area contributed by atoms with Gasteiger partial charge in [-0.25, -0.2) is 9.97 Å². The molecule has 0 N–H and O–H groups in total. The molecule has 15 rings (SSSR count). The minimum Gasteiger partial charge on any atom is -0.457 e. The van der Waals surface area contributed by atoms with Gasteiger partial charge in [0.25, 0.3) is 0 Å². The van der Waals surface area contributed by atoms with E-state index in [-0.39, 0.29) is 0 Å². The Labute approximate surface area is 410 Å². The number of benzene rings is 11. The lowest BCUT2D eigenvalue weighted by Crippen LogP contribution is -2.32. The first-order chi connectivity index (χ1) is 35.2. The van der Waals surface area contributed by atoms with Crippen molar-refractivity contribution in [1.82, 2.24) is 14.5 Å². The Morgan fingerprint density at radius 3 is 1.79 bits per heavy atom. The molecule has 0 radical (unpaired) electrons. The van der Waals surface area contributed by atoms with Crippen LogP contribution in [-0.4, -0.2) is 14.5 Å². The molecule has 0 bridgehead atoms. The lowest BCUT2D eigenvalue weighted by atomic mass is 9.64. The molecule has 0 saturated heterocycles. The number of aromatic nitrogens is 3. The second-order valence-electron chi connectivity index (χ2n) is 18.8. The van der Waals surface area contributed by atoms with Gasteiger partial charge in [-0.2, -0.15) is 0 Å². The van der Waals surface area contributed by atoms with E-state index in [1.54, 1.807) is 0 Å². The van der Waals surface area contributed by atoms with Crippen molar-refractivity contribution >= 4 is 43.5 Å². The molecule has 0 atom stereocenters. The topological polar surface area (TPSA) is 39.9 Å². The highest BCUT2D eigenvalue weighted by Gasteiger charge is 2.52. The van der Waals surface area contributed by atoms with E-state index >= 15 is 0 Å². The Morgan fingerprint density at radius 1 is 0.366 bits per heavy atom. The first kappa shape index (κ1) is 39.6. The zero-order valence-corrected chi connectivity index (χ0v) is 38.4. The second kappa shape index (κ2) is 15.3. The second-order valence-corrected chi connectivity index (χ2v) is 18.8. The fraction of sp³-hybridized carbons (Fsp3) is 0.0149. The molecule has 11 aromatic carbocycles. The van der Waals surface area contributed by atoms with Gasteiger partial charge in [-0.05, 0) is 97.7 Å². The van der Waals surface area contributed by atoms with Crippen LogP contribution in [-0.2, 0) is 5.41 Å². The molecule has 3 heterocycles. The lowest BCUT2D eigenvalue weighted by molar-refractivity contribution is 0.436. The molecule has 2 aliphatic rings. The van der Waals surface area contributed by atoms with E-state index in [1.165, 1.54) is 60.4 Å². The summed E-state index contributed by atoms with van der Waals surface area (Å²) in [6.07, 6.45) is 0. The Hall–Kier alpha value is -9.38. The van der Waals surface area contributed by atoms with Gasteiger partial charge in [0.05, 0.1) is 27.7 Å². The summed E-state index contributed by atoms with van der Waals surface area (Å²) >= 11 is 0. The van der Waals surface area contributed by atoms with Gasteiger partial charge < -0.3 is 9.30 Å². The lowest BCUT2D eigenvalue weighted by Gasteiger charge is -2.40. The van der Waals surface area contributed by atoms with Crippen LogP contribution in [0.25, 0.3) is 105 Å². The van der Waals surface area contributed by atoms with Gasteiger partial charge in [-0.3, -0.25) is 0 Å². The van der Waals surface area contributed by atoms with E-state index in [0.29, 0.717) is 5.82 Å². The molecule has 71 heavy (non-hydrogen) atoms. The number of rotatable bonds is 5. The molecule has 1 aliphatic heterocycles. The number of ether oxygens (including phenoxy) is 1. The minimum atomic E-state index is -0.565. The van der Waals surface area contributed by atoms with Crippen LogP contribution in [0.4, 0.5) is 0 Å². The maximum atomic E-state index is 6.64. The monoisotopic (exact) mass is 903 g/mol. The summed E-state index contributed by atoms with van der Waals surface area (Å²) in [6, 6.07) is 89.6. The summed E-state index contributed by atoms with van der Waals surface area (Å²) in [5.41, 5.74) is 18.7. The molecule has 2 aromatic heterocycles. The van der Waals surface area contributed by atoms with Crippen molar-refractivity contribution in [2.45, 2.75) is 5.41 Å². The third kappa shape index (κ3) is 5.79. The van der Waals surface area contributed by atoms with E-state index in [4.69, 9.17) is 14.7 Å². The molecule has 0 unspecified atom stereocenters. The largest absolute Gasteiger partial charge is 0.457 e. The fourth-order valence-electron chi connectivity index (χ4n) is 12.0. The third-order valence-corrected chi connectivity index (χ3v) is 15.1. The number of fused-ring (bicyclic) bond motifs is 15. The van der Waals surface area contributed by atoms with Gasteiger partial charge in [-0.1, -0.05) is 206 Å². The summed E-state index contributed by atoms with van der Waals surface area (Å²) in [5, 5.41) is 6.07. The van der Waals surface area contributed by atoms with Gasteiger partial charge in [0, 0.05) is 44.1 Å². The third-order valence-electron chi connectivity index (χ3n) is 15.1. The summed E-state index contributed by atoms with van der Waals surface area (Å²) in [7, 11) is 0. The highest BCUT2D eigenvalue weighted by Crippen LogP contribution is 2.63. The predicted molar refractivity (Wildman–Crippen MR) is 291 cm³/mol. The Morgan fingerprint density at radius 2 is 0.972 bits per heavy atom. The first-order valence-electron chi connectivity index (χ1n) is 24.3. The summed E-state index contributed by atoms with van der Waals surface area (Å²) in [4.78, 5) is 10.5. The summed E-state index contributed by atoms with van der Waals surface area (Å²) < 4.78 is 9.05. The molecule has 330 valence electrons. The molecule has 4 heteroatoms. The highest BCUT2D eigenvalue weighted by atomic mass is 16.5. The van der Waals surface area contributed by atoms with E-state index in [2.05, 4.69) is 253 Å². The zero-order chi connectivity index (χ0) is 46.6. The van der Waals surface area contributed by atoms with Gasteiger partial charge in [0.15, 0.2) is 5.82 Å². The summed E-state index contributed by atoms with van der Waals surface area (Å²) in [5.74, 6) is 2.47. The summed E-state index contributed by atoms with van der Waals surface area (Å²) in [6.45, 7) is 0. The molecule has 1 spiro atoms. The van der Waals surface area contributed by atoms with Crippen molar-refractivity contribution in [2.75, 3.05) is 0 Å². The molecule has 1 aliphatic carbocycles. The molecular formula is C67H41N3O. The molecule has 0 fully saturated rings. The van der Waals surface area contributed by atoms with Crippen LogP contribution in [0.3, 0.4) is 0 Å². The Balaban J connectivity index is 0.806. The van der Waals surface area contributed by atoms with Crippen molar-refractivity contribution in [3.63, 3.8) is 0 Å². The Kier molecular flexibility index (Phi) is 8.54. The maximum absolute atomic E-state index is 6.64. The smallest absolute Gasteiger partial charge is 0.160 e. The van der Waals surface area contributed by atoms with Crippen LogP contribution in [0.1, 0.15) is 22.3 Å². The Bertz CT molecular complexity index is 4270. The van der Waals surface area contributed by atoms with Crippen molar-refractivity contribution in [3.05, 3.63) is 271 Å². The number of hydrogen-bond donors (Lipinski definition) is 0. The number of nitrogens with zero attached hydrogens (tertiary/aromatic N) is 3. The average molecular weight is 904 g/mol. The first-order valence-corrected chi connectivity index (χ1v) is 24.3. The highest BCUT2D eigenvalue weighted by molar-refractivity contribution is 6.21. The van der Waals surface area contributed by atoms with Crippen molar-refractivity contribution < 1.29 is 4.74 Å². The molecular weight excluding hydrogens is 863 g/mol. The van der Waals surface area contributed by atoms with Gasteiger partial charge in [-0.15, -0.1) is 0 Å². The van der Waals surface area contributed by atoms with Gasteiger partial charge >= 0.3 is 0 Å². The zero-order valence-electron chi connectivity index (χ0n) is 38.4. The molecule has 0 saturated carbocycles. The molecule has 13 aromatic rings. The maximum Gasteiger partial charge on any atom is 0.160 e. The van der Waals surface area contributed by atoms with Gasteiger partial charge in [0.1, 0.15) is 11.5 Å². The van der Waals surface area contributed by atoms with Crippen LogP contribution < -0.4 is 4.74 Å². The van der Waals surface area contributed by atoms with Gasteiger partial charge in [0.2, 0.25) is 0 Å². The predicted octanol–water partition coefficient (Wildman–Crippen LogP) is 17.0. The van der Waals surface area contributed by atoms with E-state index in [1.807, 2.05) is 0 Å². The van der Waals surface area contributed by atoms with E-state index in [9.17, 15) is 0 Å². The van der Waals surface area contributed by atoms with Crippen LogP contribution >= 0.6 is 0 Å². The van der Waals surface area contributed by atoms with Crippen LogP contribution in [0, 0.1) is 0 Å². The quantitative estimate of drug-likeness (QED) is 0.173. The van der Waals surface area contributed by atoms with Crippen LogP contribution in [0.2, 0.25) is 0 Å². The minimum absolute atomic E-state index is 0.565. The van der Waals surface area contributed by atoms with Crippen LogP contribution in [0.5, 0.6) is 11.5 Å². The number of para-hydroxylation sites is 4. The molecule has 4 nitrogen and oxygen atoms in total. The standard InChI is InChI=1S/C67H41N3O/c1-2-18-49-43(15-1)39-40-60-63(49)54-21-5-10-28-59(54)70(60)48-17-13-16-47(41-48)42-31-37-46(38-32-42)66-68-58-27-9-4-20-53(58)65(69-66)45-35-33-44(34-36-45)50-22-14-23-52-51-19-3-6-24-55(51)67(64(50)52)56-25-7-11-29-61(56)71-62-30-12-8-26-57(62)67/h1-41H. The average Bonchev–Trinajstić information content (AvgIpc) is 3.94. The van der Waals surface area contributed by atoms with Crippen molar-refractivity contribution in [3.8, 4) is 73.2 Å². The van der Waals surface area contributed by atoms with Crippen molar-refractivity contribution in [1.29, 1.82) is 0 Å². The normalized spacial score (nSPS) is 13.0. The fourth-order valence-corrected chi connectivity index (χ4v) is 12.0.